The molecule has 0 aromatic heterocycles. The van der Waals surface area contributed by atoms with Gasteiger partial charge in [0.1, 0.15) is 12.3 Å². The van der Waals surface area contributed by atoms with Crippen LogP contribution in [0.1, 0.15) is 18.4 Å². The van der Waals surface area contributed by atoms with Gasteiger partial charge in [0.2, 0.25) is 11.8 Å². The Morgan fingerprint density at radius 3 is 2.56 bits per heavy atom. The predicted octanol–water partition coefficient (Wildman–Crippen LogP) is 1.69. The summed E-state index contributed by atoms with van der Waals surface area (Å²) in [6.07, 6.45) is 1.39. The first-order chi connectivity index (χ1) is 12.8. The fourth-order valence-electron chi connectivity index (χ4n) is 3.07. The fourth-order valence-corrected chi connectivity index (χ4v) is 3.27. The molecule has 1 aliphatic carbocycles. The minimum absolute atomic E-state index is 0.118. The highest BCUT2D eigenvalue weighted by atomic mass is 32.1. The van der Waals surface area contributed by atoms with Gasteiger partial charge in [0.25, 0.3) is 0 Å². The van der Waals surface area contributed by atoms with Crippen molar-refractivity contribution in [2.75, 3.05) is 20.2 Å². The van der Waals surface area contributed by atoms with Gasteiger partial charge in [0.05, 0.1) is 12.1 Å². The summed E-state index contributed by atoms with van der Waals surface area (Å²) in [5.41, 5.74) is 0.979. The summed E-state index contributed by atoms with van der Waals surface area (Å²) in [4.78, 5) is 36.6. The first-order valence-electron chi connectivity index (χ1n) is 8.64. The summed E-state index contributed by atoms with van der Waals surface area (Å²) in [5, 5.41) is 11.3. The molecule has 2 rings (SSSR count). The molecule has 0 unspecified atom stereocenters. The van der Waals surface area contributed by atoms with E-state index in [1.165, 1.54) is 4.90 Å². The Balaban J connectivity index is 1.90. The average molecular weight is 392 g/mol. The number of carbonyl (C=O) groups is 3. The number of carboxylic acid groups (broad SMARTS) is 1. The van der Waals surface area contributed by atoms with Crippen LogP contribution in [0.15, 0.2) is 35.9 Å². The van der Waals surface area contributed by atoms with E-state index in [0.717, 1.165) is 11.3 Å². The summed E-state index contributed by atoms with van der Waals surface area (Å²) in [6.45, 7) is 3.77. The van der Waals surface area contributed by atoms with Gasteiger partial charge >= 0.3 is 5.97 Å². The number of amides is 2. The van der Waals surface area contributed by atoms with Crippen LogP contribution in [0.4, 0.5) is 0 Å². The molecule has 0 heterocycles. The summed E-state index contributed by atoms with van der Waals surface area (Å²) < 4.78 is 5.33. The minimum atomic E-state index is -1.09. The van der Waals surface area contributed by atoms with Crippen molar-refractivity contribution in [2.24, 2.45) is 11.8 Å². The molecule has 0 spiro atoms. The number of hydrogen-bond donors (Lipinski definition) is 3. The number of aliphatic carboxylic acids is 1. The molecule has 0 saturated heterocycles. The molecule has 7 nitrogen and oxygen atoms in total. The standard InChI is InChI=1S/C19H24N2O5S/c1-12(27)21(8-7-13-5-3-4-6-16(13)26-2)19(25)15-9-14(10-15)18(24)20-11-17(22)23/h3-6,14-15,27H,1,7-11H2,2H3,(H,20,24)(H,22,23). The molecule has 1 fully saturated rings. The zero-order chi connectivity index (χ0) is 20.0. The molecular formula is C19H24N2O5S. The first kappa shape index (κ1) is 20.8. The van der Waals surface area contributed by atoms with Crippen LogP contribution in [0, 0.1) is 11.8 Å². The van der Waals surface area contributed by atoms with Gasteiger partial charge in [-0.1, -0.05) is 24.8 Å². The third-order valence-electron chi connectivity index (χ3n) is 4.65. The second kappa shape index (κ2) is 9.45. The van der Waals surface area contributed by atoms with Crippen LogP contribution in [0.2, 0.25) is 0 Å². The van der Waals surface area contributed by atoms with Crippen molar-refractivity contribution in [1.29, 1.82) is 0 Å². The summed E-state index contributed by atoms with van der Waals surface area (Å²) in [7, 11) is 1.60. The van der Waals surface area contributed by atoms with E-state index in [1.807, 2.05) is 24.3 Å². The van der Waals surface area contributed by atoms with E-state index < -0.39 is 12.5 Å². The number of hydrogen-bond acceptors (Lipinski definition) is 5. The molecule has 27 heavy (non-hydrogen) atoms. The van der Waals surface area contributed by atoms with Gasteiger partial charge < -0.3 is 20.1 Å². The Bertz CT molecular complexity index is 731. The molecule has 0 bridgehead atoms. The molecule has 0 radical (unpaired) electrons. The summed E-state index contributed by atoms with van der Waals surface area (Å²) in [6, 6.07) is 7.59. The van der Waals surface area contributed by atoms with E-state index in [4.69, 9.17) is 9.84 Å². The van der Waals surface area contributed by atoms with Crippen molar-refractivity contribution in [3.8, 4) is 5.75 Å². The predicted molar refractivity (Wildman–Crippen MR) is 103 cm³/mol. The number of nitrogens with one attached hydrogen (secondary N) is 1. The maximum absolute atomic E-state index is 12.7. The largest absolute Gasteiger partial charge is 0.496 e. The SMILES string of the molecule is C=C(S)N(CCc1ccccc1OC)C(=O)C1CC(C(=O)NCC(=O)O)C1. The van der Waals surface area contributed by atoms with Crippen LogP contribution in [-0.2, 0) is 20.8 Å². The van der Waals surface area contributed by atoms with Gasteiger partial charge in [-0.05, 0) is 30.9 Å². The maximum atomic E-state index is 12.7. The van der Waals surface area contributed by atoms with Crippen LogP contribution in [0.25, 0.3) is 0 Å². The second-order valence-electron chi connectivity index (χ2n) is 6.44. The molecule has 8 heteroatoms. The summed E-state index contributed by atoms with van der Waals surface area (Å²) >= 11 is 4.24. The topological polar surface area (TPSA) is 95.9 Å². The number of methoxy groups -OCH3 is 1. The van der Waals surface area contributed by atoms with E-state index in [9.17, 15) is 14.4 Å². The Kier molecular flexibility index (Phi) is 7.29. The van der Waals surface area contributed by atoms with Gasteiger partial charge in [-0.3, -0.25) is 14.4 Å². The molecule has 1 aromatic rings. The second-order valence-corrected chi connectivity index (χ2v) is 6.96. The molecule has 2 N–H and O–H groups in total. The van der Waals surface area contributed by atoms with Crippen LogP contribution < -0.4 is 10.1 Å². The quantitative estimate of drug-likeness (QED) is 0.556. The number of carbonyl (C=O) groups excluding carboxylic acids is 2. The summed E-state index contributed by atoms with van der Waals surface area (Å²) in [5.74, 6) is -1.40. The number of para-hydroxylation sites is 1. The lowest BCUT2D eigenvalue weighted by Gasteiger charge is -2.36. The fraction of sp³-hybridized carbons (Fsp3) is 0.421. The normalized spacial score (nSPS) is 18.1. The Morgan fingerprint density at radius 1 is 1.30 bits per heavy atom. The molecular weight excluding hydrogens is 368 g/mol. The van der Waals surface area contributed by atoms with Crippen LogP contribution in [0.5, 0.6) is 5.75 Å². The Hall–Kier alpha value is -2.48. The van der Waals surface area contributed by atoms with E-state index >= 15 is 0 Å². The molecule has 146 valence electrons. The zero-order valence-electron chi connectivity index (χ0n) is 15.2. The molecule has 1 saturated carbocycles. The van der Waals surface area contributed by atoms with Crippen molar-refractivity contribution in [3.05, 3.63) is 41.4 Å². The van der Waals surface area contributed by atoms with Gasteiger partial charge in [0, 0.05) is 18.4 Å². The number of thiol groups is 1. The van der Waals surface area contributed by atoms with Crippen molar-refractivity contribution < 1.29 is 24.2 Å². The molecule has 2 amide bonds. The van der Waals surface area contributed by atoms with Crippen molar-refractivity contribution in [3.63, 3.8) is 0 Å². The number of ether oxygens (including phenoxy) is 1. The van der Waals surface area contributed by atoms with Crippen molar-refractivity contribution in [1.82, 2.24) is 10.2 Å². The van der Waals surface area contributed by atoms with Crippen LogP contribution in [0.3, 0.4) is 0 Å². The van der Waals surface area contributed by atoms with E-state index in [1.54, 1.807) is 7.11 Å². The van der Waals surface area contributed by atoms with Crippen LogP contribution in [-0.4, -0.2) is 48.0 Å². The maximum Gasteiger partial charge on any atom is 0.322 e. The number of nitrogens with zero attached hydrogens (tertiary/aromatic N) is 1. The monoisotopic (exact) mass is 392 g/mol. The van der Waals surface area contributed by atoms with Crippen molar-refractivity contribution >= 4 is 30.4 Å². The van der Waals surface area contributed by atoms with E-state index in [-0.39, 0.29) is 23.7 Å². The molecule has 0 atom stereocenters. The Morgan fingerprint density at radius 2 is 1.96 bits per heavy atom. The van der Waals surface area contributed by atoms with Crippen molar-refractivity contribution in [2.45, 2.75) is 19.3 Å². The smallest absolute Gasteiger partial charge is 0.322 e. The lowest BCUT2D eigenvalue weighted by atomic mass is 9.73. The number of benzene rings is 1. The lowest BCUT2D eigenvalue weighted by Crippen LogP contribution is -2.46. The highest BCUT2D eigenvalue weighted by Gasteiger charge is 2.40. The number of rotatable bonds is 9. The van der Waals surface area contributed by atoms with E-state index in [0.29, 0.717) is 30.8 Å². The Labute approximate surface area is 163 Å². The first-order valence-corrected chi connectivity index (χ1v) is 9.08. The molecule has 1 aliphatic rings. The average Bonchev–Trinajstić information content (AvgIpc) is 2.58. The van der Waals surface area contributed by atoms with Gasteiger partial charge in [-0.25, -0.2) is 0 Å². The third-order valence-corrected chi connectivity index (χ3v) is 4.89. The van der Waals surface area contributed by atoms with Crippen LogP contribution >= 0.6 is 12.6 Å². The zero-order valence-corrected chi connectivity index (χ0v) is 16.1. The number of carboxylic acids is 1. The van der Waals surface area contributed by atoms with Gasteiger partial charge in [-0.2, -0.15) is 0 Å². The third kappa shape index (κ3) is 5.50. The highest BCUT2D eigenvalue weighted by molar-refractivity contribution is 7.84. The van der Waals surface area contributed by atoms with Gasteiger partial charge in [0.15, 0.2) is 0 Å². The minimum Gasteiger partial charge on any atom is -0.496 e. The lowest BCUT2D eigenvalue weighted by molar-refractivity contribution is -0.143. The molecule has 1 aromatic carbocycles. The van der Waals surface area contributed by atoms with E-state index in [2.05, 4.69) is 24.5 Å². The molecule has 0 aliphatic heterocycles. The highest BCUT2D eigenvalue weighted by Crippen LogP contribution is 2.36. The van der Waals surface area contributed by atoms with Gasteiger partial charge in [-0.15, -0.1) is 12.6 Å².